The molecule has 0 aliphatic heterocycles. The molecule has 4 rings (SSSR count). The van der Waals surface area contributed by atoms with Crippen LogP contribution in [0, 0.1) is 6.92 Å². The molecule has 7 nitrogen and oxygen atoms in total. The van der Waals surface area contributed by atoms with E-state index in [9.17, 15) is 18.0 Å². The molecule has 37 heavy (non-hydrogen) atoms. The number of anilines is 2. The van der Waals surface area contributed by atoms with Gasteiger partial charge < -0.3 is 10.6 Å². The number of benzene rings is 4. The lowest BCUT2D eigenvalue weighted by Gasteiger charge is -2.14. The van der Waals surface area contributed by atoms with E-state index in [4.69, 9.17) is 0 Å². The number of aryl methyl sites for hydroxylation is 1. The Balaban J connectivity index is 1.47. The monoisotopic (exact) mass is 513 g/mol. The Labute approximate surface area is 216 Å². The largest absolute Gasteiger partial charge is 0.352 e. The Morgan fingerprint density at radius 1 is 0.730 bits per heavy atom. The highest BCUT2D eigenvalue weighted by Gasteiger charge is 2.18. The molecule has 0 aliphatic rings. The minimum atomic E-state index is -3.82. The first-order valence-electron chi connectivity index (χ1n) is 11.7. The summed E-state index contributed by atoms with van der Waals surface area (Å²) < 4.78 is 28.1. The first-order valence-corrected chi connectivity index (χ1v) is 13.2. The molecule has 0 aromatic heterocycles. The molecule has 0 heterocycles. The maximum absolute atomic E-state index is 13.1. The van der Waals surface area contributed by atoms with Gasteiger partial charge >= 0.3 is 0 Å². The third-order valence-electron chi connectivity index (χ3n) is 5.76. The molecule has 0 radical (unpaired) electrons. The Hall–Kier alpha value is -4.43. The Bertz CT molecular complexity index is 1500. The molecule has 8 heteroatoms. The van der Waals surface area contributed by atoms with Crippen molar-refractivity contribution in [2.75, 3.05) is 16.6 Å². The highest BCUT2D eigenvalue weighted by molar-refractivity contribution is 7.92. The maximum atomic E-state index is 13.1. The number of rotatable bonds is 9. The number of hydrogen-bond acceptors (Lipinski definition) is 4. The van der Waals surface area contributed by atoms with Crippen molar-refractivity contribution in [3.8, 4) is 0 Å². The molecule has 0 spiro atoms. The molecule has 0 fully saturated rings. The Kier molecular flexibility index (Phi) is 8.00. The summed E-state index contributed by atoms with van der Waals surface area (Å²) in [7, 11) is -3.82. The van der Waals surface area contributed by atoms with Gasteiger partial charge in [0.15, 0.2) is 0 Å². The molecule has 0 bridgehead atoms. The van der Waals surface area contributed by atoms with E-state index in [-0.39, 0.29) is 16.4 Å². The molecule has 0 saturated carbocycles. The molecular formula is C29H27N3O4S. The second kappa shape index (κ2) is 11.5. The van der Waals surface area contributed by atoms with Gasteiger partial charge in [0.25, 0.3) is 21.8 Å². The van der Waals surface area contributed by atoms with Crippen molar-refractivity contribution in [1.29, 1.82) is 0 Å². The van der Waals surface area contributed by atoms with Crippen LogP contribution in [-0.4, -0.2) is 26.8 Å². The number of nitrogens with one attached hydrogen (secondary N) is 3. The number of amides is 2. The van der Waals surface area contributed by atoms with Gasteiger partial charge in [-0.3, -0.25) is 14.3 Å². The predicted molar refractivity (Wildman–Crippen MR) is 145 cm³/mol. The van der Waals surface area contributed by atoms with Crippen LogP contribution < -0.4 is 15.4 Å². The summed E-state index contributed by atoms with van der Waals surface area (Å²) in [6.07, 6.45) is 0.687. The fourth-order valence-electron chi connectivity index (χ4n) is 3.72. The van der Waals surface area contributed by atoms with Gasteiger partial charge in [0.05, 0.1) is 21.8 Å². The van der Waals surface area contributed by atoms with Gasteiger partial charge in [0, 0.05) is 12.1 Å². The molecule has 0 atom stereocenters. The number of carbonyl (C=O) groups excluding carboxylic acids is 2. The zero-order chi connectivity index (χ0) is 26.3. The van der Waals surface area contributed by atoms with Crippen LogP contribution in [0.15, 0.2) is 108 Å². The molecule has 188 valence electrons. The molecule has 0 saturated heterocycles. The number of carbonyl (C=O) groups is 2. The summed E-state index contributed by atoms with van der Waals surface area (Å²) in [6.45, 7) is 2.20. The third kappa shape index (κ3) is 6.62. The van der Waals surface area contributed by atoms with Crippen molar-refractivity contribution in [2.24, 2.45) is 0 Å². The van der Waals surface area contributed by atoms with E-state index >= 15 is 0 Å². The van der Waals surface area contributed by atoms with Crippen LogP contribution in [0.1, 0.15) is 31.8 Å². The highest BCUT2D eigenvalue weighted by atomic mass is 32.2. The van der Waals surface area contributed by atoms with Gasteiger partial charge in [0.2, 0.25) is 0 Å². The third-order valence-corrected chi connectivity index (χ3v) is 7.14. The standard InChI is InChI=1S/C29H27N3O4S/c1-21-16-17-23(20-27(21)32-37(35,36)24-12-6-3-7-13-24)28(33)31-26-15-9-8-14-25(26)29(34)30-19-18-22-10-4-2-5-11-22/h2-17,20,32H,18-19H2,1H3,(H,30,34)(H,31,33). The van der Waals surface area contributed by atoms with Gasteiger partial charge in [-0.15, -0.1) is 0 Å². The van der Waals surface area contributed by atoms with E-state index in [0.717, 1.165) is 5.56 Å². The minimum absolute atomic E-state index is 0.122. The second-order valence-corrected chi connectivity index (χ2v) is 10.1. The van der Waals surface area contributed by atoms with E-state index in [2.05, 4.69) is 15.4 Å². The second-order valence-electron chi connectivity index (χ2n) is 8.44. The SMILES string of the molecule is Cc1ccc(C(=O)Nc2ccccc2C(=O)NCCc2ccccc2)cc1NS(=O)(=O)c1ccccc1. The van der Waals surface area contributed by atoms with Gasteiger partial charge in [0.1, 0.15) is 0 Å². The van der Waals surface area contributed by atoms with Crippen LogP contribution in [0.4, 0.5) is 11.4 Å². The van der Waals surface area contributed by atoms with Crippen LogP contribution in [0.2, 0.25) is 0 Å². The highest BCUT2D eigenvalue weighted by Crippen LogP contribution is 2.23. The lowest BCUT2D eigenvalue weighted by molar-refractivity contribution is 0.0955. The van der Waals surface area contributed by atoms with Gasteiger partial charge in [-0.1, -0.05) is 66.7 Å². The van der Waals surface area contributed by atoms with Crippen molar-refractivity contribution in [3.05, 3.63) is 125 Å². The van der Waals surface area contributed by atoms with Crippen LogP contribution in [0.25, 0.3) is 0 Å². The molecule has 4 aromatic carbocycles. The molecule has 4 aromatic rings. The minimum Gasteiger partial charge on any atom is -0.352 e. The number of sulfonamides is 1. The lowest BCUT2D eigenvalue weighted by Crippen LogP contribution is -2.27. The topological polar surface area (TPSA) is 104 Å². The van der Waals surface area contributed by atoms with Crippen molar-refractivity contribution in [3.63, 3.8) is 0 Å². The summed E-state index contributed by atoms with van der Waals surface area (Å²) in [5, 5.41) is 5.67. The van der Waals surface area contributed by atoms with Crippen molar-refractivity contribution < 1.29 is 18.0 Å². The number of para-hydroxylation sites is 1. The summed E-state index contributed by atoms with van der Waals surface area (Å²) in [5.41, 5.74) is 3.01. The first-order chi connectivity index (χ1) is 17.8. The lowest BCUT2D eigenvalue weighted by atomic mass is 10.1. The van der Waals surface area contributed by atoms with Gasteiger partial charge in [-0.25, -0.2) is 8.42 Å². The van der Waals surface area contributed by atoms with Crippen LogP contribution >= 0.6 is 0 Å². The van der Waals surface area contributed by atoms with E-state index in [1.54, 1.807) is 61.5 Å². The molecule has 2 amide bonds. The molecule has 0 unspecified atom stereocenters. The fourth-order valence-corrected chi connectivity index (χ4v) is 4.86. The average molecular weight is 514 g/mol. The van der Waals surface area contributed by atoms with E-state index in [0.29, 0.717) is 35.5 Å². The predicted octanol–water partition coefficient (Wildman–Crippen LogP) is 5.02. The molecular weight excluding hydrogens is 486 g/mol. The van der Waals surface area contributed by atoms with Crippen molar-refractivity contribution in [2.45, 2.75) is 18.2 Å². The van der Waals surface area contributed by atoms with E-state index < -0.39 is 15.9 Å². The summed E-state index contributed by atoms with van der Waals surface area (Å²) in [4.78, 5) is 26.0. The normalized spacial score (nSPS) is 10.9. The Morgan fingerprint density at radius 3 is 2.11 bits per heavy atom. The fraction of sp³-hybridized carbons (Fsp3) is 0.103. The summed E-state index contributed by atoms with van der Waals surface area (Å²) >= 11 is 0. The van der Waals surface area contributed by atoms with Crippen LogP contribution in [-0.2, 0) is 16.4 Å². The summed E-state index contributed by atoms with van der Waals surface area (Å²) in [5.74, 6) is -0.767. The van der Waals surface area contributed by atoms with E-state index in [1.807, 2.05) is 30.3 Å². The Morgan fingerprint density at radius 2 is 1.38 bits per heavy atom. The van der Waals surface area contributed by atoms with Crippen molar-refractivity contribution in [1.82, 2.24) is 5.32 Å². The number of hydrogen-bond donors (Lipinski definition) is 3. The quantitative estimate of drug-likeness (QED) is 0.292. The average Bonchev–Trinajstić information content (AvgIpc) is 2.91. The molecule has 3 N–H and O–H groups in total. The smallest absolute Gasteiger partial charge is 0.261 e. The van der Waals surface area contributed by atoms with E-state index in [1.165, 1.54) is 18.2 Å². The van der Waals surface area contributed by atoms with Crippen LogP contribution in [0.3, 0.4) is 0 Å². The molecule has 0 aliphatic carbocycles. The zero-order valence-corrected chi connectivity index (χ0v) is 21.1. The summed E-state index contributed by atoms with van der Waals surface area (Å²) in [6, 6.07) is 29.3. The zero-order valence-electron chi connectivity index (χ0n) is 20.3. The van der Waals surface area contributed by atoms with Gasteiger partial charge in [-0.05, 0) is 60.9 Å². The van der Waals surface area contributed by atoms with Crippen LogP contribution in [0.5, 0.6) is 0 Å². The maximum Gasteiger partial charge on any atom is 0.261 e. The first kappa shape index (κ1) is 25.7. The van der Waals surface area contributed by atoms with Gasteiger partial charge in [-0.2, -0.15) is 0 Å². The van der Waals surface area contributed by atoms with Crippen molar-refractivity contribution >= 4 is 33.2 Å².